The number of carbonyl (C=O) groups is 2. The van der Waals surface area contributed by atoms with Crippen LogP contribution >= 0.6 is 0 Å². The van der Waals surface area contributed by atoms with Gasteiger partial charge in [0.2, 0.25) is 5.91 Å². The van der Waals surface area contributed by atoms with Crippen molar-refractivity contribution in [2.45, 2.75) is 46.1 Å². The molecule has 1 N–H and O–H groups in total. The normalized spacial score (nSPS) is 19.3. The molecule has 1 aliphatic heterocycles. The van der Waals surface area contributed by atoms with Crippen molar-refractivity contribution >= 4 is 11.9 Å². The summed E-state index contributed by atoms with van der Waals surface area (Å²) in [5.41, 5.74) is 0. The van der Waals surface area contributed by atoms with E-state index in [1.807, 2.05) is 13.8 Å². The molecule has 0 aromatic heterocycles. The van der Waals surface area contributed by atoms with Gasteiger partial charge < -0.3 is 15.0 Å². The molecule has 0 aromatic rings. The number of nitrogens with one attached hydrogen (secondary N) is 1. The lowest BCUT2D eigenvalue weighted by molar-refractivity contribution is -0.150. The van der Waals surface area contributed by atoms with E-state index in [2.05, 4.69) is 5.32 Å². The monoisotopic (exact) mass is 270 g/mol. The van der Waals surface area contributed by atoms with Crippen LogP contribution in [-0.2, 0) is 14.3 Å². The van der Waals surface area contributed by atoms with Crippen LogP contribution in [0.5, 0.6) is 0 Å². The number of amides is 1. The lowest BCUT2D eigenvalue weighted by Gasteiger charge is -2.30. The Hall–Kier alpha value is -1.10. The van der Waals surface area contributed by atoms with Gasteiger partial charge in [0.1, 0.15) is 6.54 Å². The van der Waals surface area contributed by atoms with Gasteiger partial charge in [-0.2, -0.15) is 0 Å². The average molecular weight is 270 g/mol. The van der Waals surface area contributed by atoms with Gasteiger partial charge in [0.05, 0.1) is 12.6 Å². The molecule has 1 saturated heterocycles. The van der Waals surface area contributed by atoms with Crippen molar-refractivity contribution in [2.24, 2.45) is 5.92 Å². The van der Waals surface area contributed by atoms with Crippen LogP contribution in [0, 0.1) is 5.92 Å². The van der Waals surface area contributed by atoms with Crippen LogP contribution in [0.1, 0.15) is 40.0 Å². The molecular formula is C14H26N2O3. The van der Waals surface area contributed by atoms with Gasteiger partial charge in [0, 0.05) is 6.54 Å². The molecule has 0 radical (unpaired) electrons. The summed E-state index contributed by atoms with van der Waals surface area (Å²) >= 11 is 0. The third-order valence-corrected chi connectivity index (χ3v) is 3.13. The SMILES string of the molecule is CCOC(=O)CN(CC(C)C)C(=O)[C@H]1CCCCN1. The van der Waals surface area contributed by atoms with E-state index in [0.29, 0.717) is 19.1 Å². The second-order valence-corrected chi connectivity index (χ2v) is 5.42. The van der Waals surface area contributed by atoms with E-state index in [9.17, 15) is 9.59 Å². The summed E-state index contributed by atoms with van der Waals surface area (Å²) < 4.78 is 4.94. The Balaban J connectivity index is 2.60. The van der Waals surface area contributed by atoms with Gasteiger partial charge in [0.15, 0.2) is 0 Å². The van der Waals surface area contributed by atoms with Crippen LogP contribution in [0.4, 0.5) is 0 Å². The summed E-state index contributed by atoms with van der Waals surface area (Å²) in [6, 6.07) is -0.137. The minimum atomic E-state index is -0.327. The van der Waals surface area contributed by atoms with Gasteiger partial charge >= 0.3 is 5.97 Å². The number of hydrogen-bond acceptors (Lipinski definition) is 4. The van der Waals surface area contributed by atoms with Gasteiger partial charge in [-0.05, 0) is 32.2 Å². The summed E-state index contributed by atoms with van der Waals surface area (Å²) in [4.78, 5) is 25.6. The van der Waals surface area contributed by atoms with E-state index in [1.165, 1.54) is 0 Å². The van der Waals surface area contributed by atoms with Gasteiger partial charge in [0.25, 0.3) is 0 Å². The molecule has 0 bridgehead atoms. The number of carbonyl (C=O) groups excluding carboxylic acids is 2. The molecule has 0 aromatic carbocycles. The molecule has 1 amide bonds. The molecule has 19 heavy (non-hydrogen) atoms. The van der Waals surface area contributed by atoms with Gasteiger partial charge in [-0.25, -0.2) is 0 Å². The van der Waals surface area contributed by atoms with Crippen molar-refractivity contribution in [3.63, 3.8) is 0 Å². The molecule has 1 heterocycles. The summed E-state index contributed by atoms with van der Waals surface area (Å²) in [6.07, 6.45) is 3.04. The van der Waals surface area contributed by atoms with Gasteiger partial charge in [-0.15, -0.1) is 0 Å². The van der Waals surface area contributed by atoms with E-state index >= 15 is 0 Å². The first-order chi connectivity index (χ1) is 9.04. The Bertz CT molecular complexity index is 299. The first kappa shape index (κ1) is 16.0. The summed E-state index contributed by atoms with van der Waals surface area (Å²) in [6.45, 7) is 7.74. The van der Waals surface area contributed by atoms with Crippen LogP contribution < -0.4 is 5.32 Å². The minimum absolute atomic E-state index is 0.0291. The molecule has 0 unspecified atom stereocenters. The van der Waals surface area contributed by atoms with E-state index in [4.69, 9.17) is 4.74 Å². The average Bonchev–Trinajstić information content (AvgIpc) is 2.38. The van der Waals surface area contributed by atoms with E-state index in [1.54, 1.807) is 11.8 Å². The zero-order chi connectivity index (χ0) is 14.3. The highest BCUT2D eigenvalue weighted by molar-refractivity contribution is 5.85. The maximum absolute atomic E-state index is 12.4. The Morgan fingerprint density at radius 1 is 1.37 bits per heavy atom. The van der Waals surface area contributed by atoms with E-state index in [-0.39, 0.29) is 24.5 Å². The van der Waals surface area contributed by atoms with Crippen molar-refractivity contribution in [2.75, 3.05) is 26.2 Å². The number of hydrogen-bond donors (Lipinski definition) is 1. The van der Waals surface area contributed by atoms with E-state index in [0.717, 1.165) is 25.8 Å². The molecule has 5 nitrogen and oxygen atoms in total. The highest BCUT2D eigenvalue weighted by Crippen LogP contribution is 2.11. The maximum atomic E-state index is 12.4. The summed E-state index contributed by atoms with van der Waals surface area (Å²) in [5.74, 6) is 0.0377. The van der Waals surface area contributed by atoms with Crippen LogP contribution in [0.3, 0.4) is 0 Å². The van der Waals surface area contributed by atoms with Crippen LogP contribution in [0.25, 0.3) is 0 Å². The molecule has 5 heteroatoms. The fourth-order valence-electron chi connectivity index (χ4n) is 2.32. The van der Waals surface area contributed by atoms with Crippen molar-refractivity contribution in [1.29, 1.82) is 0 Å². The molecule has 1 aliphatic rings. The van der Waals surface area contributed by atoms with Crippen molar-refractivity contribution in [3.05, 3.63) is 0 Å². The van der Waals surface area contributed by atoms with Crippen LogP contribution in [-0.4, -0.2) is 49.1 Å². The third kappa shape index (κ3) is 5.59. The molecule has 1 fully saturated rings. The molecule has 0 spiro atoms. The lowest BCUT2D eigenvalue weighted by atomic mass is 10.0. The Labute approximate surface area is 115 Å². The minimum Gasteiger partial charge on any atom is -0.465 e. The standard InChI is InChI=1S/C14H26N2O3/c1-4-19-13(17)10-16(9-11(2)3)14(18)12-7-5-6-8-15-12/h11-12,15H,4-10H2,1-3H3/t12-/m1/s1. The number of piperidine rings is 1. The first-order valence-electron chi connectivity index (χ1n) is 7.22. The van der Waals surface area contributed by atoms with Gasteiger partial charge in [-0.1, -0.05) is 20.3 Å². The summed E-state index contributed by atoms with van der Waals surface area (Å²) in [5, 5.41) is 3.23. The smallest absolute Gasteiger partial charge is 0.325 e. The van der Waals surface area contributed by atoms with Crippen molar-refractivity contribution in [3.8, 4) is 0 Å². The Morgan fingerprint density at radius 3 is 2.63 bits per heavy atom. The maximum Gasteiger partial charge on any atom is 0.325 e. The lowest BCUT2D eigenvalue weighted by Crippen LogP contribution is -2.51. The molecule has 1 atom stereocenters. The van der Waals surface area contributed by atoms with Gasteiger partial charge in [-0.3, -0.25) is 9.59 Å². The second-order valence-electron chi connectivity index (χ2n) is 5.42. The Kier molecular flexibility index (Phi) is 6.84. The molecule has 1 rings (SSSR count). The molecule has 110 valence electrons. The first-order valence-corrected chi connectivity index (χ1v) is 7.22. The molecule has 0 saturated carbocycles. The largest absolute Gasteiger partial charge is 0.465 e. The highest BCUT2D eigenvalue weighted by Gasteiger charge is 2.27. The molecule has 0 aliphatic carbocycles. The second kappa shape index (κ2) is 8.15. The van der Waals surface area contributed by atoms with Crippen molar-refractivity contribution in [1.82, 2.24) is 10.2 Å². The fourth-order valence-corrected chi connectivity index (χ4v) is 2.32. The predicted octanol–water partition coefficient (Wildman–Crippen LogP) is 1.18. The predicted molar refractivity (Wildman–Crippen MR) is 73.7 cm³/mol. The zero-order valence-electron chi connectivity index (χ0n) is 12.3. The number of esters is 1. The number of rotatable bonds is 6. The quantitative estimate of drug-likeness (QED) is 0.736. The Morgan fingerprint density at radius 2 is 2.11 bits per heavy atom. The molecular weight excluding hydrogens is 244 g/mol. The topological polar surface area (TPSA) is 58.6 Å². The van der Waals surface area contributed by atoms with Crippen LogP contribution in [0.15, 0.2) is 0 Å². The highest BCUT2D eigenvalue weighted by atomic mass is 16.5. The van der Waals surface area contributed by atoms with Crippen LogP contribution in [0.2, 0.25) is 0 Å². The van der Waals surface area contributed by atoms with E-state index < -0.39 is 0 Å². The zero-order valence-corrected chi connectivity index (χ0v) is 12.3. The fraction of sp³-hybridized carbons (Fsp3) is 0.857. The van der Waals surface area contributed by atoms with Crippen molar-refractivity contribution < 1.29 is 14.3 Å². The number of ether oxygens (including phenoxy) is 1. The third-order valence-electron chi connectivity index (χ3n) is 3.13. The number of nitrogens with zero attached hydrogens (tertiary/aromatic N) is 1. The summed E-state index contributed by atoms with van der Waals surface area (Å²) in [7, 11) is 0.